The van der Waals surface area contributed by atoms with Crippen LogP contribution < -0.4 is 5.73 Å². The standard InChI is InChI=1S/C13H20N2/c1-10-6-7-15(11(10)2)9-12-4-3-5-13(14)8-12/h3-5,8,10-11H,6-7,9,14H2,1-2H3. The van der Waals surface area contributed by atoms with Crippen LogP contribution in [0.4, 0.5) is 5.69 Å². The zero-order valence-electron chi connectivity index (χ0n) is 9.61. The smallest absolute Gasteiger partial charge is 0.0317 e. The maximum Gasteiger partial charge on any atom is 0.0317 e. The molecule has 1 fully saturated rings. The Morgan fingerprint density at radius 1 is 1.40 bits per heavy atom. The lowest BCUT2D eigenvalue weighted by Gasteiger charge is -2.23. The van der Waals surface area contributed by atoms with Gasteiger partial charge >= 0.3 is 0 Å². The van der Waals surface area contributed by atoms with E-state index >= 15 is 0 Å². The molecular weight excluding hydrogens is 184 g/mol. The Morgan fingerprint density at radius 3 is 2.80 bits per heavy atom. The predicted molar refractivity (Wildman–Crippen MR) is 64.5 cm³/mol. The largest absolute Gasteiger partial charge is 0.399 e. The van der Waals surface area contributed by atoms with Crippen LogP contribution in [-0.4, -0.2) is 17.5 Å². The van der Waals surface area contributed by atoms with Crippen LogP contribution in [0.2, 0.25) is 0 Å². The maximum absolute atomic E-state index is 5.78. The van der Waals surface area contributed by atoms with Gasteiger partial charge in [-0.1, -0.05) is 19.1 Å². The zero-order chi connectivity index (χ0) is 10.8. The summed E-state index contributed by atoms with van der Waals surface area (Å²) in [5.74, 6) is 0.825. The van der Waals surface area contributed by atoms with E-state index in [4.69, 9.17) is 5.73 Å². The van der Waals surface area contributed by atoms with E-state index in [0.717, 1.165) is 18.2 Å². The van der Waals surface area contributed by atoms with Crippen molar-refractivity contribution in [1.29, 1.82) is 0 Å². The summed E-state index contributed by atoms with van der Waals surface area (Å²) in [4.78, 5) is 2.54. The van der Waals surface area contributed by atoms with Gasteiger partial charge in [-0.15, -0.1) is 0 Å². The Balaban J connectivity index is 2.03. The molecule has 2 heteroatoms. The number of hydrogen-bond donors (Lipinski definition) is 1. The summed E-state index contributed by atoms with van der Waals surface area (Å²) in [6.45, 7) is 6.92. The minimum atomic E-state index is 0.700. The molecule has 1 aliphatic rings. The summed E-state index contributed by atoms with van der Waals surface area (Å²) < 4.78 is 0. The molecule has 2 N–H and O–H groups in total. The van der Waals surface area contributed by atoms with Gasteiger partial charge in [0.2, 0.25) is 0 Å². The molecule has 0 radical (unpaired) electrons. The van der Waals surface area contributed by atoms with Crippen molar-refractivity contribution in [2.75, 3.05) is 12.3 Å². The van der Waals surface area contributed by atoms with Gasteiger partial charge in [0.15, 0.2) is 0 Å². The van der Waals surface area contributed by atoms with E-state index < -0.39 is 0 Å². The predicted octanol–water partition coefficient (Wildman–Crippen LogP) is 2.50. The zero-order valence-corrected chi connectivity index (χ0v) is 9.61. The fraction of sp³-hybridized carbons (Fsp3) is 0.538. The maximum atomic E-state index is 5.78. The highest BCUT2D eigenvalue weighted by molar-refractivity contribution is 5.40. The van der Waals surface area contributed by atoms with Gasteiger partial charge in [-0.25, -0.2) is 0 Å². The fourth-order valence-corrected chi connectivity index (χ4v) is 2.32. The highest BCUT2D eigenvalue weighted by atomic mass is 15.2. The summed E-state index contributed by atoms with van der Waals surface area (Å²) in [5, 5.41) is 0. The second-order valence-electron chi connectivity index (χ2n) is 4.72. The summed E-state index contributed by atoms with van der Waals surface area (Å²) >= 11 is 0. The molecule has 2 atom stereocenters. The second kappa shape index (κ2) is 4.23. The molecule has 2 rings (SSSR count). The average molecular weight is 204 g/mol. The molecule has 0 aromatic heterocycles. The van der Waals surface area contributed by atoms with Gasteiger partial charge in [-0.2, -0.15) is 0 Å². The molecule has 0 aliphatic carbocycles. The third-order valence-electron chi connectivity index (χ3n) is 3.61. The quantitative estimate of drug-likeness (QED) is 0.750. The average Bonchev–Trinajstić information content (AvgIpc) is 2.50. The fourth-order valence-electron chi connectivity index (χ4n) is 2.32. The van der Waals surface area contributed by atoms with Crippen molar-refractivity contribution in [3.05, 3.63) is 29.8 Å². The summed E-state index contributed by atoms with van der Waals surface area (Å²) in [5.41, 5.74) is 7.97. The van der Waals surface area contributed by atoms with E-state index in [1.807, 2.05) is 12.1 Å². The number of nitrogen functional groups attached to an aromatic ring is 1. The van der Waals surface area contributed by atoms with E-state index in [1.54, 1.807) is 0 Å². The molecule has 2 unspecified atom stereocenters. The van der Waals surface area contributed by atoms with Gasteiger partial charge in [0, 0.05) is 18.3 Å². The van der Waals surface area contributed by atoms with Gasteiger partial charge in [0.05, 0.1) is 0 Å². The van der Waals surface area contributed by atoms with E-state index in [-0.39, 0.29) is 0 Å². The first-order valence-corrected chi connectivity index (χ1v) is 5.75. The van der Waals surface area contributed by atoms with Crippen LogP contribution in [0, 0.1) is 5.92 Å². The van der Waals surface area contributed by atoms with Crippen molar-refractivity contribution in [2.24, 2.45) is 5.92 Å². The first kappa shape index (κ1) is 10.5. The van der Waals surface area contributed by atoms with Crippen LogP contribution in [0.25, 0.3) is 0 Å². The number of nitrogens with two attached hydrogens (primary N) is 1. The van der Waals surface area contributed by atoms with Crippen molar-refractivity contribution in [3.8, 4) is 0 Å². The van der Waals surface area contributed by atoms with Crippen LogP contribution in [0.3, 0.4) is 0 Å². The molecule has 2 nitrogen and oxygen atoms in total. The number of benzene rings is 1. The van der Waals surface area contributed by atoms with Gasteiger partial charge in [0.1, 0.15) is 0 Å². The first-order valence-electron chi connectivity index (χ1n) is 5.75. The van der Waals surface area contributed by atoms with Gasteiger partial charge in [-0.3, -0.25) is 4.90 Å². The second-order valence-corrected chi connectivity index (χ2v) is 4.72. The Kier molecular flexibility index (Phi) is 2.96. The van der Waals surface area contributed by atoms with E-state index in [9.17, 15) is 0 Å². The summed E-state index contributed by atoms with van der Waals surface area (Å²) in [6, 6.07) is 8.92. The van der Waals surface area contributed by atoms with Gasteiger partial charge in [-0.05, 0) is 43.5 Å². The first-order chi connectivity index (χ1) is 7.16. The highest BCUT2D eigenvalue weighted by Gasteiger charge is 2.26. The van der Waals surface area contributed by atoms with Crippen molar-refractivity contribution < 1.29 is 0 Å². The van der Waals surface area contributed by atoms with Crippen molar-refractivity contribution in [3.63, 3.8) is 0 Å². The molecule has 1 aliphatic heterocycles. The normalized spacial score (nSPS) is 27.1. The van der Waals surface area contributed by atoms with Crippen LogP contribution in [-0.2, 0) is 6.54 Å². The molecule has 1 heterocycles. The Morgan fingerprint density at radius 2 is 2.20 bits per heavy atom. The van der Waals surface area contributed by atoms with Gasteiger partial charge < -0.3 is 5.73 Å². The van der Waals surface area contributed by atoms with E-state index in [2.05, 4.69) is 30.9 Å². The minimum absolute atomic E-state index is 0.700. The van der Waals surface area contributed by atoms with E-state index in [0.29, 0.717) is 6.04 Å². The third kappa shape index (κ3) is 2.32. The Labute approximate surface area is 92.1 Å². The minimum Gasteiger partial charge on any atom is -0.399 e. The monoisotopic (exact) mass is 204 g/mol. The molecule has 0 saturated carbocycles. The van der Waals surface area contributed by atoms with Gasteiger partial charge in [0.25, 0.3) is 0 Å². The Hall–Kier alpha value is -1.02. The van der Waals surface area contributed by atoms with Crippen LogP contribution in [0.15, 0.2) is 24.3 Å². The number of likely N-dealkylation sites (tertiary alicyclic amines) is 1. The number of nitrogens with zero attached hydrogens (tertiary/aromatic N) is 1. The molecule has 0 bridgehead atoms. The molecule has 15 heavy (non-hydrogen) atoms. The van der Waals surface area contributed by atoms with Crippen LogP contribution in [0.5, 0.6) is 0 Å². The number of anilines is 1. The molecule has 0 amide bonds. The molecule has 0 spiro atoms. The third-order valence-corrected chi connectivity index (χ3v) is 3.61. The lowest BCUT2D eigenvalue weighted by molar-refractivity contribution is 0.239. The molecular formula is C13H20N2. The Bertz CT molecular complexity index is 335. The number of hydrogen-bond acceptors (Lipinski definition) is 2. The van der Waals surface area contributed by atoms with Crippen LogP contribution in [0.1, 0.15) is 25.8 Å². The molecule has 1 saturated heterocycles. The molecule has 1 aromatic rings. The lowest BCUT2D eigenvalue weighted by atomic mass is 10.1. The SMILES string of the molecule is CC1CCN(Cc2cccc(N)c2)C1C. The lowest BCUT2D eigenvalue weighted by Crippen LogP contribution is -2.28. The van der Waals surface area contributed by atoms with E-state index in [1.165, 1.54) is 18.5 Å². The van der Waals surface area contributed by atoms with Crippen molar-refractivity contribution >= 4 is 5.69 Å². The summed E-state index contributed by atoms with van der Waals surface area (Å²) in [6.07, 6.45) is 1.32. The molecule has 82 valence electrons. The topological polar surface area (TPSA) is 29.3 Å². The van der Waals surface area contributed by atoms with Crippen LogP contribution >= 0.6 is 0 Å². The van der Waals surface area contributed by atoms with Crippen molar-refractivity contribution in [1.82, 2.24) is 4.90 Å². The molecule has 1 aromatic carbocycles. The van der Waals surface area contributed by atoms with Crippen molar-refractivity contribution in [2.45, 2.75) is 32.9 Å². The summed E-state index contributed by atoms with van der Waals surface area (Å²) in [7, 11) is 0. The number of rotatable bonds is 2. The highest BCUT2D eigenvalue weighted by Crippen LogP contribution is 2.25.